The molecule has 208 valence electrons. The molecule has 3 heterocycles. The number of carbonyl (C=O) groups is 2. The van der Waals surface area contributed by atoms with Gasteiger partial charge in [0.15, 0.2) is 5.56 Å². The number of nitrogens with one attached hydrogen (secondary N) is 3. The van der Waals surface area contributed by atoms with Crippen LogP contribution in [0.5, 0.6) is 0 Å². The number of rotatable bonds is 7. The number of para-hydroxylation sites is 1. The lowest BCUT2D eigenvalue weighted by Gasteiger charge is -2.20. The molecule has 0 spiro atoms. The minimum absolute atomic E-state index is 0.171. The van der Waals surface area contributed by atoms with Gasteiger partial charge in [0.05, 0.1) is 34.3 Å². The van der Waals surface area contributed by atoms with Gasteiger partial charge in [-0.1, -0.05) is 42.7 Å². The predicted octanol–water partition coefficient (Wildman–Crippen LogP) is 2.87. The van der Waals surface area contributed by atoms with Crippen LogP contribution in [0.1, 0.15) is 41.1 Å². The molecule has 5 aromatic rings. The van der Waals surface area contributed by atoms with E-state index in [0.717, 1.165) is 5.39 Å². The third-order valence-corrected chi connectivity index (χ3v) is 6.59. The van der Waals surface area contributed by atoms with Crippen LogP contribution in [-0.4, -0.2) is 32.9 Å². The minimum Gasteiger partial charge on any atom is -0.352 e. The minimum atomic E-state index is -0.698. The Morgan fingerprint density at radius 1 is 1.14 bits per heavy atom. The number of H-pyrrole nitrogens is 1. The maximum Gasteiger partial charge on any atom is 0.285 e. The molecule has 0 aliphatic heterocycles. The van der Waals surface area contributed by atoms with E-state index in [0.29, 0.717) is 46.5 Å². The quantitative estimate of drug-likeness (QED) is 0.159. The van der Waals surface area contributed by atoms with Gasteiger partial charge in [-0.15, -0.1) is 0 Å². The standard InChI is InChI=1S/C32H27N7O3/c1-3-25(40)34-17-8-7-11-21-12-9-16-24-26(21)32(42)39(23-14-5-4-6-15-23)30(38-24)20(2)37-31(41)27-28-22(13-10-18-35-28)19-36-29(27)33/h3-6,9-10,12-16,18-20H,1,8,17H2,2H3,(H2,33,36)(H,34,40)(H,37,41)/p+1. The largest absolute Gasteiger partial charge is 0.352 e. The summed E-state index contributed by atoms with van der Waals surface area (Å²) in [6.07, 6.45) is 4.87. The smallest absolute Gasteiger partial charge is 0.285 e. The number of nitrogens with zero attached hydrogens (tertiary/aromatic N) is 3. The molecule has 0 aliphatic rings. The van der Waals surface area contributed by atoms with E-state index in [2.05, 4.69) is 39.0 Å². The fourth-order valence-electron chi connectivity index (χ4n) is 4.61. The third kappa shape index (κ3) is 5.57. The Labute approximate surface area is 241 Å². The zero-order chi connectivity index (χ0) is 29.6. The van der Waals surface area contributed by atoms with Crippen LogP contribution in [0.15, 0.2) is 90.5 Å². The van der Waals surface area contributed by atoms with Crippen molar-refractivity contribution in [1.82, 2.24) is 25.2 Å². The summed E-state index contributed by atoms with van der Waals surface area (Å²) in [7, 11) is 0. The molecule has 2 amide bonds. The summed E-state index contributed by atoms with van der Waals surface area (Å²) in [4.78, 5) is 51.1. The lowest BCUT2D eigenvalue weighted by molar-refractivity contribution is -0.358. The number of amides is 2. The normalized spacial score (nSPS) is 11.4. The maximum absolute atomic E-state index is 14.1. The van der Waals surface area contributed by atoms with Gasteiger partial charge < -0.3 is 10.6 Å². The molecule has 10 nitrogen and oxygen atoms in total. The number of hydrogen-bond donors (Lipinski definition) is 3. The molecule has 10 heteroatoms. The number of nitrogens with two attached hydrogens (primary N) is 1. The Hall–Kier alpha value is -5.82. The van der Waals surface area contributed by atoms with E-state index < -0.39 is 11.9 Å². The number of anilines is 1. The summed E-state index contributed by atoms with van der Waals surface area (Å²) in [5, 5.41) is 6.70. The Morgan fingerprint density at radius 3 is 2.74 bits per heavy atom. The highest BCUT2D eigenvalue weighted by Crippen LogP contribution is 2.22. The summed E-state index contributed by atoms with van der Waals surface area (Å²) >= 11 is 0. The number of fused-ring (bicyclic) bond motifs is 2. The number of pyridine rings is 2. The number of aromatic nitrogens is 4. The van der Waals surface area contributed by atoms with Crippen LogP contribution in [0.25, 0.3) is 27.5 Å². The molecule has 1 unspecified atom stereocenters. The maximum atomic E-state index is 14.1. The molecule has 0 bridgehead atoms. The van der Waals surface area contributed by atoms with Gasteiger partial charge >= 0.3 is 0 Å². The van der Waals surface area contributed by atoms with Gasteiger partial charge in [0.1, 0.15) is 5.82 Å². The lowest BCUT2D eigenvalue weighted by Crippen LogP contribution is -2.34. The highest BCUT2D eigenvalue weighted by Gasteiger charge is 2.25. The van der Waals surface area contributed by atoms with Gasteiger partial charge in [0.25, 0.3) is 17.3 Å². The molecule has 5 N–H and O–H groups in total. The molecular formula is C32H28N7O3+. The van der Waals surface area contributed by atoms with Crippen molar-refractivity contribution in [2.45, 2.75) is 19.4 Å². The van der Waals surface area contributed by atoms with Gasteiger partial charge in [-0.25, -0.2) is 9.97 Å². The fourth-order valence-corrected chi connectivity index (χ4v) is 4.61. The average Bonchev–Trinajstić information content (AvgIpc) is 3.00. The van der Waals surface area contributed by atoms with Crippen molar-refractivity contribution in [1.29, 1.82) is 0 Å². The summed E-state index contributed by atoms with van der Waals surface area (Å²) < 4.78 is 1.49. The van der Waals surface area contributed by atoms with Crippen LogP contribution >= 0.6 is 0 Å². The van der Waals surface area contributed by atoms with Crippen molar-refractivity contribution < 1.29 is 14.6 Å². The summed E-state index contributed by atoms with van der Waals surface area (Å²) in [5.41, 5.74) is 8.03. The number of benzene rings is 2. The van der Waals surface area contributed by atoms with E-state index in [9.17, 15) is 14.4 Å². The molecular weight excluding hydrogens is 530 g/mol. The first kappa shape index (κ1) is 27.7. The second-order valence-electron chi connectivity index (χ2n) is 9.41. The highest BCUT2D eigenvalue weighted by atomic mass is 16.2. The average molecular weight is 559 g/mol. The lowest BCUT2D eigenvalue weighted by atomic mass is 10.1. The van der Waals surface area contributed by atoms with E-state index in [-0.39, 0.29) is 22.8 Å². The Balaban J connectivity index is 1.57. The van der Waals surface area contributed by atoms with Crippen molar-refractivity contribution in [3.63, 3.8) is 0 Å². The SMILES string of the molecule is C=CC(=O)NCCC#Cc1cccc2nc(C(C)NC(=O)c3c(N)[nH+]cc4cccnc34)n(-c3ccccc3)c(=O)c12. The van der Waals surface area contributed by atoms with Gasteiger partial charge in [-0.2, -0.15) is 0 Å². The molecule has 0 aliphatic carbocycles. The number of carbonyl (C=O) groups excluding carboxylic acids is 2. The number of nitrogen functional groups attached to an aromatic ring is 1. The second-order valence-corrected chi connectivity index (χ2v) is 9.41. The molecule has 0 saturated carbocycles. The predicted molar refractivity (Wildman–Crippen MR) is 161 cm³/mol. The van der Waals surface area contributed by atoms with E-state index in [1.807, 2.05) is 24.3 Å². The Bertz CT molecular complexity index is 1960. The first-order chi connectivity index (χ1) is 20.4. The first-order valence-corrected chi connectivity index (χ1v) is 13.2. The van der Waals surface area contributed by atoms with Gasteiger partial charge in [0.2, 0.25) is 5.91 Å². The molecule has 0 saturated heterocycles. The number of hydrogen-bond acceptors (Lipinski definition) is 6. The zero-order valence-electron chi connectivity index (χ0n) is 22.8. The Morgan fingerprint density at radius 2 is 1.95 bits per heavy atom. The number of aromatic amines is 1. The van der Waals surface area contributed by atoms with Crippen LogP contribution in [0.4, 0.5) is 5.82 Å². The monoisotopic (exact) mass is 558 g/mol. The van der Waals surface area contributed by atoms with Crippen LogP contribution in [-0.2, 0) is 4.79 Å². The van der Waals surface area contributed by atoms with Crippen molar-refractivity contribution in [3.05, 3.63) is 113 Å². The second kappa shape index (κ2) is 12.1. The van der Waals surface area contributed by atoms with Crippen molar-refractivity contribution in [2.75, 3.05) is 12.3 Å². The zero-order valence-corrected chi connectivity index (χ0v) is 22.8. The van der Waals surface area contributed by atoms with Crippen molar-refractivity contribution in [3.8, 4) is 17.5 Å². The van der Waals surface area contributed by atoms with E-state index in [4.69, 9.17) is 10.7 Å². The van der Waals surface area contributed by atoms with Crippen molar-refractivity contribution >= 4 is 39.4 Å². The summed E-state index contributed by atoms with van der Waals surface area (Å²) in [6, 6.07) is 17.3. The summed E-state index contributed by atoms with van der Waals surface area (Å²) in [5.74, 6) is 5.83. The van der Waals surface area contributed by atoms with Crippen LogP contribution < -0.4 is 26.9 Å². The van der Waals surface area contributed by atoms with E-state index in [1.54, 1.807) is 55.7 Å². The van der Waals surface area contributed by atoms with Crippen LogP contribution in [0.2, 0.25) is 0 Å². The van der Waals surface area contributed by atoms with Crippen molar-refractivity contribution in [2.24, 2.45) is 0 Å². The molecule has 0 fully saturated rings. The Kier molecular flexibility index (Phi) is 8.02. The van der Waals surface area contributed by atoms with Crippen LogP contribution in [0, 0.1) is 11.8 Å². The molecule has 5 rings (SSSR count). The van der Waals surface area contributed by atoms with Crippen LogP contribution in [0.3, 0.4) is 0 Å². The first-order valence-electron chi connectivity index (χ1n) is 13.2. The molecule has 2 aromatic carbocycles. The molecule has 1 atom stereocenters. The highest BCUT2D eigenvalue weighted by molar-refractivity contribution is 6.08. The molecule has 3 aromatic heterocycles. The van der Waals surface area contributed by atoms with Gasteiger partial charge in [-0.3, -0.25) is 29.7 Å². The van der Waals surface area contributed by atoms with Gasteiger partial charge in [-0.05, 0) is 49.4 Å². The third-order valence-electron chi connectivity index (χ3n) is 6.59. The summed E-state index contributed by atoms with van der Waals surface area (Å²) in [6.45, 7) is 5.53. The molecule has 42 heavy (non-hydrogen) atoms. The van der Waals surface area contributed by atoms with E-state index >= 15 is 0 Å². The fraction of sp³-hybridized carbons (Fsp3) is 0.125. The van der Waals surface area contributed by atoms with E-state index in [1.165, 1.54) is 10.6 Å². The molecule has 0 radical (unpaired) electrons. The topological polar surface area (TPSA) is 146 Å². The van der Waals surface area contributed by atoms with Gasteiger partial charge in [0, 0.05) is 30.1 Å².